The van der Waals surface area contributed by atoms with Crippen molar-refractivity contribution in [3.05, 3.63) is 102 Å². The minimum absolute atomic E-state index is 0.0480. The fraction of sp³-hybridized carbons (Fsp3) is 0.240. The van der Waals surface area contributed by atoms with Gasteiger partial charge in [-0.25, -0.2) is 4.79 Å². The van der Waals surface area contributed by atoms with Gasteiger partial charge in [0, 0.05) is 18.8 Å². The van der Waals surface area contributed by atoms with Crippen molar-refractivity contribution in [1.82, 2.24) is 4.90 Å². The van der Waals surface area contributed by atoms with E-state index in [0.29, 0.717) is 6.54 Å². The Balaban J connectivity index is 1.62. The second kappa shape index (κ2) is 10.3. The van der Waals surface area contributed by atoms with Crippen LogP contribution in [0.4, 0.5) is 10.5 Å². The highest BCUT2D eigenvalue weighted by atomic mass is 16.2. The van der Waals surface area contributed by atoms with Crippen molar-refractivity contribution < 1.29 is 4.79 Å². The normalized spacial score (nSPS) is 10.5. The second-order valence-corrected chi connectivity index (χ2v) is 7.05. The third kappa shape index (κ3) is 5.98. The Morgan fingerprint density at radius 1 is 0.786 bits per heavy atom. The van der Waals surface area contributed by atoms with E-state index in [0.717, 1.165) is 37.1 Å². The van der Waals surface area contributed by atoms with Crippen molar-refractivity contribution in [2.75, 3.05) is 11.9 Å². The van der Waals surface area contributed by atoms with Crippen molar-refractivity contribution in [3.8, 4) is 0 Å². The molecule has 0 radical (unpaired) electrons. The van der Waals surface area contributed by atoms with Crippen LogP contribution in [0.15, 0.2) is 84.9 Å². The molecule has 1 N–H and O–H groups in total. The number of amides is 2. The molecule has 3 aromatic rings. The molecular weight excluding hydrogens is 344 g/mol. The maximum Gasteiger partial charge on any atom is 0.322 e. The average Bonchev–Trinajstić information content (AvgIpc) is 2.74. The number of hydrogen-bond acceptors (Lipinski definition) is 1. The number of carbonyl (C=O) groups excluding carboxylic acids is 1. The molecule has 0 bridgehead atoms. The van der Waals surface area contributed by atoms with Crippen LogP contribution >= 0.6 is 0 Å². The lowest BCUT2D eigenvalue weighted by atomic mass is 10.0. The van der Waals surface area contributed by atoms with Gasteiger partial charge in [-0.1, -0.05) is 86.1 Å². The second-order valence-electron chi connectivity index (χ2n) is 7.05. The van der Waals surface area contributed by atoms with Crippen LogP contribution in [0, 0.1) is 0 Å². The van der Waals surface area contributed by atoms with Gasteiger partial charge in [0.05, 0.1) is 0 Å². The number of urea groups is 1. The molecule has 0 spiro atoms. The van der Waals surface area contributed by atoms with Gasteiger partial charge in [-0.05, 0) is 41.7 Å². The van der Waals surface area contributed by atoms with E-state index in [4.69, 9.17) is 0 Å². The van der Waals surface area contributed by atoms with E-state index in [1.54, 1.807) is 0 Å². The molecule has 2 amide bonds. The Bertz CT molecular complexity index is 845. The van der Waals surface area contributed by atoms with Gasteiger partial charge in [-0.3, -0.25) is 0 Å². The number of carbonyl (C=O) groups is 1. The number of unbranched alkanes of at least 4 members (excludes halogenated alkanes) is 1. The number of rotatable bonds is 8. The predicted molar refractivity (Wildman–Crippen MR) is 116 cm³/mol. The molecule has 3 heteroatoms. The highest BCUT2D eigenvalue weighted by Gasteiger charge is 2.13. The third-order valence-electron chi connectivity index (χ3n) is 4.74. The third-order valence-corrected chi connectivity index (χ3v) is 4.74. The van der Waals surface area contributed by atoms with Crippen molar-refractivity contribution in [1.29, 1.82) is 0 Å². The number of benzene rings is 3. The van der Waals surface area contributed by atoms with E-state index in [1.165, 1.54) is 11.1 Å². The Labute approximate surface area is 168 Å². The van der Waals surface area contributed by atoms with Gasteiger partial charge in [0.1, 0.15) is 0 Å². The molecule has 0 aliphatic heterocycles. The van der Waals surface area contributed by atoms with Crippen LogP contribution in [0.5, 0.6) is 0 Å². The molecule has 0 unspecified atom stereocenters. The molecule has 0 heterocycles. The molecule has 3 rings (SSSR count). The summed E-state index contributed by atoms with van der Waals surface area (Å²) >= 11 is 0. The van der Waals surface area contributed by atoms with E-state index in [1.807, 2.05) is 41.3 Å². The van der Waals surface area contributed by atoms with Crippen LogP contribution in [0.2, 0.25) is 0 Å². The standard InChI is InChI=1S/C25H28N2O/c1-2-3-18-27(20-23-12-8-5-9-13-23)25(28)26-24-16-14-22(15-17-24)19-21-10-6-4-7-11-21/h4-17H,2-3,18-20H2,1H3,(H,26,28). The van der Waals surface area contributed by atoms with Gasteiger partial charge in [-0.2, -0.15) is 0 Å². The van der Waals surface area contributed by atoms with Crippen molar-refractivity contribution in [3.63, 3.8) is 0 Å². The fourth-order valence-corrected chi connectivity index (χ4v) is 3.15. The summed E-state index contributed by atoms with van der Waals surface area (Å²) < 4.78 is 0. The maximum atomic E-state index is 12.8. The van der Waals surface area contributed by atoms with E-state index in [9.17, 15) is 4.79 Å². The summed E-state index contributed by atoms with van der Waals surface area (Å²) in [5.74, 6) is 0. The summed E-state index contributed by atoms with van der Waals surface area (Å²) in [6.07, 6.45) is 2.95. The number of hydrogen-bond donors (Lipinski definition) is 1. The molecule has 0 fully saturated rings. The summed E-state index contributed by atoms with van der Waals surface area (Å²) in [7, 11) is 0. The van der Waals surface area contributed by atoms with Crippen LogP contribution in [-0.2, 0) is 13.0 Å². The van der Waals surface area contributed by atoms with Crippen LogP contribution in [0.25, 0.3) is 0 Å². The largest absolute Gasteiger partial charge is 0.322 e. The summed E-state index contributed by atoms with van der Waals surface area (Å²) in [6.45, 7) is 3.52. The van der Waals surface area contributed by atoms with E-state index in [-0.39, 0.29) is 6.03 Å². The van der Waals surface area contributed by atoms with Gasteiger partial charge in [0.2, 0.25) is 0 Å². The molecule has 28 heavy (non-hydrogen) atoms. The van der Waals surface area contributed by atoms with Crippen LogP contribution < -0.4 is 5.32 Å². The smallest absolute Gasteiger partial charge is 0.320 e. The molecule has 0 aromatic heterocycles. The SMILES string of the molecule is CCCCN(Cc1ccccc1)C(=O)Nc1ccc(Cc2ccccc2)cc1. The van der Waals surface area contributed by atoms with E-state index >= 15 is 0 Å². The zero-order chi connectivity index (χ0) is 19.6. The molecule has 0 aliphatic rings. The molecule has 0 saturated heterocycles. The van der Waals surface area contributed by atoms with Crippen LogP contribution in [-0.4, -0.2) is 17.5 Å². The summed E-state index contributed by atoms with van der Waals surface area (Å²) in [5.41, 5.74) is 4.49. The summed E-state index contributed by atoms with van der Waals surface area (Å²) in [6, 6.07) is 28.6. The highest BCUT2D eigenvalue weighted by Crippen LogP contribution is 2.15. The van der Waals surface area contributed by atoms with Crippen molar-refractivity contribution in [2.24, 2.45) is 0 Å². The Kier molecular flexibility index (Phi) is 7.25. The van der Waals surface area contributed by atoms with E-state index < -0.39 is 0 Å². The number of anilines is 1. The molecule has 0 aliphatic carbocycles. The van der Waals surface area contributed by atoms with Gasteiger partial charge < -0.3 is 10.2 Å². The lowest BCUT2D eigenvalue weighted by Crippen LogP contribution is -2.35. The quantitative estimate of drug-likeness (QED) is 0.508. The molecule has 3 nitrogen and oxygen atoms in total. The van der Waals surface area contributed by atoms with Gasteiger partial charge >= 0.3 is 6.03 Å². The first-order chi connectivity index (χ1) is 13.7. The Hall–Kier alpha value is -3.07. The summed E-state index contributed by atoms with van der Waals surface area (Å²) in [5, 5.41) is 3.05. The Morgan fingerprint density at radius 3 is 1.96 bits per heavy atom. The molecule has 0 saturated carbocycles. The number of nitrogens with one attached hydrogen (secondary N) is 1. The fourth-order valence-electron chi connectivity index (χ4n) is 3.15. The molecule has 3 aromatic carbocycles. The minimum Gasteiger partial charge on any atom is -0.320 e. The van der Waals surface area contributed by atoms with Gasteiger partial charge in [-0.15, -0.1) is 0 Å². The maximum absolute atomic E-state index is 12.8. The molecular formula is C25H28N2O. The average molecular weight is 373 g/mol. The van der Waals surface area contributed by atoms with Crippen LogP contribution in [0.1, 0.15) is 36.5 Å². The zero-order valence-corrected chi connectivity index (χ0v) is 16.5. The zero-order valence-electron chi connectivity index (χ0n) is 16.5. The number of nitrogens with zero attached hydrogens (tertiary/aromatic N) is 1. The van der Waals surface area contributed by atoms with Gasteiger partial charge in [0.25, 0.3) is 0 Å². The van der Waals surface area contributed by atoms with E-state index in [2.05, 4.69) is 60.8 Å². The lowest BCUT2D eigenvalue weighted by Gasteiger charge is -2.23. The van der Waals surface area contributed by atoms with Crippen molar-refractivity contribution in [2.45, 2.75) is 32.7 Å². The molecule has 144 valence electrons. The first kappa shape index (κ1) is 19.7. The van der Waals surface area contributed by atoms with Crippen LogP contribution in [0.3, 0.4) is 0 Å². The minimum atomic E-state index is -0.0480. The first-order valence-corrected chi connectivity index (χ1v) is 9.97. The van der Waals surface area contributed by atoms with Gasteiger partial charge in [0.15, 0.2) is 0 Å². The highest BCUT2D eigenvalue weighted by molar-refractivity contribution is 5.89. The summed E-state index contributed by atoms with van der Waals surface area (Å²) in [4.78, 5) is 14.7. The molecule has 0 atom stereocenters. The van der Waals surface area contributed by atoms with Crippen molar-refractivity contribution >= 4 is 11.7 Å². The Morgan fingerprint density at radius 2 is 1.36 bits per heavy atom. The topological polar surface area (TPSA) is 32.3 Å². The lowest BCUT2D eigenvalue weighted by molar-refractivity contribution is 0.208. The predicted octanol–water partition coefficient (Wildman–Crippen LogP) is 6.11. The first-order valence-electron chi connectivity index (χ1n) is 9.97. The monoisotopic (exact) mass is 372 g/mol.